The minimum atomic E-state index is -1.01. The average molecular weight is 561 g/mol. The predicted octanol–water partition coefficient (Wildman–Crippen LogP) is 6.59. The fourth-order valence-corrected chi connectivity index (χ4v) is 5.44. The van der Waals surface area contributed by atoms with E-state index in [1.54, 1.807) is 12.1 Å². The highest BCUT2D eigenvalue weighted by Gasteiger charge is 2.39. The van der Waals surface area contributed by atoms with E-state index in [1.807, 2.05) is 56.0 Å². The first kappa shape index (κ1) is 27.6. The Labute approximate surface area is 238 Å². The topological polar surface area (TPSA) is 99.8 Å². The Balaban J connectivity index is 1.46. The maximum Gasteiger partial charge on any atom is 0.337 e. The lowest BCUT2D eigenvalue weighted by molar-refractivity contribution is 0.0483. The lowest BCUT2D eigenvalue weighted by Gasteiger charge is -2.47. The monoisotopic (exact) mass is 560 g/mol. The summed E-state index contributed by atoms with van der Waals surface area (Å²) in [7, 11) is 0. The lowest BCUT2D eigenvalue weighted by Crippen LogP contribution is -2.61. The van der Waals surface area contributed by atoms with Crippen LogP contribution in [0, 0.1) is 6.92 Å². The maximum absolute atomic E-state index is 13.9. The standard InChI is InChI=1S/C31H33ClN4O4/c1-18-13-20(29(38)39)16-33-27(18)35-11-12-36(31(5,6)17-35)28(37)25-15-24-26(40-25)22(30(2,3)4)14-23(34-24)19-7-9-21(32)10-8-19/h7-10,13-16H,11-12,17H2,1-6H3,(H,38,39). The minimum absolute atomic E-state index is 0.154. The van der Waals surface area contributed by atoms with Crippen LogP contribution in [0.1, 0.15) is 66.7 Å². The first-order chi connectivity index (χ1) is 18.7. The Bertz CT molecular complexity index is 1620. The quantitative estimate of drug-likeness (QED) is 0.300. The summed E-state index contributed by atoms with van der Waals surface area (Å²) in [5.41, 5.74) is 4.10. The van der Waals surface area contributed by atoms with Crippen LogP contribution in [0.25, 0.3) is 22.4 Å². The number of furan rings is 1. The number of fused-ring (bicyclic) bond motifs is 1. The van der Waals surface area contributed by atoms with Crippen molar-refractivity contribution in [3.05, 3.63) is 76.1 Å². The molecule has 1 amide bonds. The van der Waals surface area contributed by atoms with E-state index in [1.165, 1.54) is 6.20 Å². The van der Waals surface area contributed by atoms with E-state index in [0.717, 1.165) is 28.2 Å². The molecule has 0 unspecified atom stereocenters. The third kappa shape index (κ3) is 5.16. The number of nitrogens with zero attached hydrogens (tertiary/aromatic N) is 4. The number of piperazine rings is 1. The van der Waals surface area contributed by atoms with Crippen LogP contribution in [0.5, 0.6) is 0 Å². The minimum Gasteiger partial charge on any atom is -0.478 e. The number of aromatic carboxylic acids is 1. The Morgan fingerprint density at radius 2 is 1.77 bits per heavy atom. The zero-order valence-electron chi connectivity index (χ0n) is 23.6. The second-order valence-corrected chi connectivity index (χ2v) is 12.4. The van der Waals surface area contributed by atoms with Crippen LogP contribution in [0.3, 0.4) is 0 Å². The molecule has 0 radical (unpaired) electrons. The fourth-order valence-electron chi connectivity index (χ4n) is 5.31. The first-order valence-electron chi connectivity index (χ1n) is 13.2. The van der Waals surface area contributed by atoms with Gasteiger partial charge in [-0.2, -0.15) is 0 Å². The van der Waals surface area contributed by atoms with Crippen LogP contribution in [0.15, 0.2) is 53.1 Å². The average Bonchev–Trinajstić information content (AvgIpc) is 3.31. The molecule has 40 heavy (non-hydrogen) atoms. The number of rotatable bonds is 4. The van der Waals surface area contributed by atoms with Gasteiger partial charge in [0.15, 0.2) is 11.3 Å². The highest BCUT2D eigenvalue weighted by atomic mass is 35.5. The summed E-state index contributed by atoms with van der Waals surface area (Å²) in [6.07, 6.45) is 1.38. The number of carbonyl (C=O) groups excluding carboxylic acids is 1. The number of carbonyl (C=O) groups is 2. The van der Waals surface area contributed by atoms with Crippen molar-refractivity contribution in [2.75, 3.05) is 24.5 Å². The molecule has 5 rings (SSSR count). The molecule has 1 fully saturated rings. The molecule has 0 spiro atoms. The molecule has 1 saturated heterocycles. The van der Waals surface area contributed by atoms with Crippen molar-refractivity contribution >= 4 is 40.4 Å². The number of aryl methyl sites for hydroxylation is 1. The number of halogens is 1. The summed E-state index contributed by atoms with van der Waals surface area (Å²) in [6, 6.07) is 12.9. The molecule has 0 atom stereocenters. The maximum atomic E-state index is 13.9. The molecule has 8 nitrogen and oxygen atoms in total. The SMILES string of the molecule is Cc1cc(C(=O)O)cnc1N1CCN(C(=O)c2cc3nc(-c4ccc(Cl)cc4)cc(C(C)(C)C)c3o2)C(C)(C)C1. The molecule has 3 aromatic heterocycles. The number of aromatic nitrogens is 2. The zero-order chi connectivity index (χ0) is 29.0. The van der Waals surface area contributed by atoms with E-state index in [2.05, 4.69) is 30.7 Å². The van der Waals surface area contributed by atoms with Gasteiger partial charge >= 0.3 is 5.97 Å². The number of amides is 1. The van der Waals surface area contributed by atoms with Crippen molar-refractivity contribution in [3.63, 3.8) is 0 Å². The molecule has 0 bridgehead atoms. The molecule has 1 N–H and O–H groups in total. The Morgan fingerprint density at radius 1 is 1.07 bits per heavy atom. The number of hydrogen-bond acceptors (Lipinski definition) is 6. The summed E-state index contributed by atoms with van der Waals surface area (Å²) in [4.78, 5) is 38.4. The molecular weight excluding hydrogens is 528 g/mol. The Morgan fingerprint density at radius 3 is 2.38 bits per heavy atom. The highest BCUT2D eigenvalue weighted by molar-refractivity contribution is 6.30. The van der Waals surface area contributed by atoms with Crippen molar-refractivity contribution < 1.29 is 19.1 Å². The highest BCUT2D eigenvalue weighted by Crippen LogP contribution is 2.36. The molecule has 9 heteroatoms. The third-order valence-corrected chi connectivity index (χ3v) is 7.63. The molecule has 4 heterocycles. The molecule has 1 aliphatic rings. The van der Waals surface area contributed by atoms with Gasteiger partial charge in [0.05, 0.1) is 16.8 Å². The van der Waals surface area contributed by atoms with Crippen LogP contribution in [-0.2, 0) is 5.41 Å². The van der Waals surface area contributed by atoms with Crippen molar-refractivity contribution in [2.24, 2.45) is 0 Å². The van der Waals surface area contributed by atoms with E-state index in [9.17, 15) is 14.7 Å². The molecule has 1 aromatic carbocycles. The van der Waals surface area contributed by atoms with Gasteiger partial charge in [0.2, 0.25) is 0 Å². The van der Waals surface area contributed by atoms with E-state index in [0.29, 0.717) is 35.8 Å². The smallest absolute Gasteiger partial charge is 0.337 e. The van der Waals surface area contributed by atoms with Crippen LogP contribution in [0.4, 0.5) is 5.82 Å². The Hall–Kier alpha value is -3.91. The second-order valence-electron chi connectivity index (χ2n) is 12.0. The van der Waals surface area contributed by atoms with Gasteiger partial charge in [0.1, 0.15) is 11.3 Å². The van der Waals surface area contributed by atoms with Gasteiger partial charge in [-0.15, -0.1) is 0 Å². The molecular formula is C31H33ClN4O4. The zero-order valence-corrected chi connectivity index (χ0v) is 24.3. The van der Waals surface area contributed by atoms with E-state index >= 15 is 0 Å². The number of anilines is 1. The molecule has 1 aliphatic heterocycles. The summed E-state index contributed by atoms with van der Waals surface area (Å²) in [6.45, 7) is 13.8. The van der Waals surface area contributed by atoms with E-state index in [4.69, 9.17) is 21.0 Å². The van der Waals surface area contributed by atoms with Crippen LogP contribution in [-0.4, -0.2) is 57.0 Å². The normalized spacial score (nSPS) is 15.5. The Kier molecular flexibility index (Phi) is 6.86. The van der Waals surface area contributed by atoms with Crippen molar-refractivity contribution in [3.8, 4) is 11.3 Å². The van der Waals surface area contributed by atoms with Gasteiger partial charge in [-0.05, 0) is 56.0 Å². The summed E-state index contributed by atoms with van der Waals surface area (Å²) < 4.78 is 6.25. The van der Waals surface area contributed by atoms with Gasteiger partial charge in [-0.3, -0.25) is 4.79 Å². The summed E-state index contributed by atoms with van der Waals surface area (Å²) >= 11 is 6.10. The largest absolute Gasteiger partial charge is 0.478 e. The number of carboxylic acids is 1. The third-order valence-electron chi connectivity index (χ3n) is 7.38. The van der Waals surface area contributed by atoms with Crippen LogP contribution in [0.2, 0.25) is 5.02 Å². The van der Waals surface area contributed by atoms with Gasteiger partial charge in [-0.25, -0.2) is 14.8 Å². The van der Waals surface area contributed by atoms with Crippen molar-refractivity contribution in [1.82, 2.24) is 14.9 Å². The van der Waals surface area contributed by atoms with Crippen LogP contribution < -0.4 is 4.90 Å². The van der Waals surface area contributed by atoms with Gasteiger partial charge in [0, 0.05) is 48.0 Å². The van der Waals surface area contributed by atoms with E-state index in [-0.39, 0.29) is 22.6 Å². The summed E-state index contributed by atoms with van der Waals surface area (Å²) in [5.74, 6) is -0.222. The number of hydrogen-bond donors (Lipinski definition) is 1. The molecule has 4 aromatic rings. The molecule has 0 saturated carbocycles. The van der Waals surface area contributed by atoms with Gasteiger partial charge in [-0.1, -0.05) is 44.5 Å². The number of benzene rings is 1. The van der Waals surface area contributed by atoms with Gasteiger partial charge in [0.25, 0.3) is 5.91 Å². The van der Waals surface area contributed by atoms with Crippen molar-refractivity contribution in [1.29, 1.82) is 0 Å². The first-order valence-corrected chi connectivity index (χ1v) is 13.6. The van der Waals surface area contributed by atoms with Crippen LogP contribution >= 0.6 is 11.6 Å². The van der Waals surface area contributed by atoms with E-state index < -0.39 is 11.5 Å². The summed E-state index contributed by atoms with van der Waals surface area (Å²) in [5, 5.41) is 9.93. The lowest BCUT2D eigenvalue weighted by atomic mass is 9.86. The van der Waals surface area contributed by atoms with Gasteiger partial charge < -0.3 is 19.3 Å². The fraction of sp³-hybridized carbons (Fsp3) is 0.355. The second kappa shape index (κ2) is 9.93. The van der Waals surface area contributed by atoms with Crippen molar-refractivity contribution in [2.45, 2.75) is 52.5 Å². The number of pyridine rings is 2. The number of carboxylic acid groups (broad SMARTS) is 1. The predicted molar refractivity (Wildman–Crippen MR) is 156 cm³/mol. The molecule has 208 valence electrons. The molecule has 0 aliphatic carbocycles.